The third-order valence-corrected chi connectivity index (χ3v) is 3.29. The van der Waals surface area contributed by atoms with Gasteiger partial charge in [-0.05, 0) is 18.3 Å². The van der Waals surface area contributed by atoms with Crippen molar-refractivity contribution in [2.45, 2.75) is 45.8 Å². The number of likely N-dealkylation sites (tertiary alicyclic amines) is 1. The quantitative estimate of drug-likeness (QED) is 0.767. The van der Waals surface area contributed by atoms with Gasteiger partial charge in [0, 0.05) is 20.2 Å². The van der Waals surface area contributed by atoms with Crippen molar-refractivity contribution in [1.29, 1.82) is 0 Å². The zero-order valence-electron chi connectivity index (χ0n) is 10.8. The number of nitrogens with zero attached hydrogens (tertiary/aromatic N) is 1. The van der Waals surface area contributed by atoms with E-state index in [1.165, 1.54) is 0 Å². The molecule has 1 atom stereocenters. The third kappa shape index (κ3) is 3.19. The second-order valence-corrected chi connectivity index (χ2v) is 5.60. The van der Waals surface area contributed by atoms with E-state index < -0.39 is 6.04 Å². The lowest BCUT2D eigenvalue weighted by atomic mass is 9.86. The topological polar surface area (TPSA) is 55.6 Å². The molecule has 0 aromatic heterocycles. The number of ether oxygens (including phenoxy) is 1. The Morgan fingerprint density at radius 3 is 2.25 bits per heavy atom. The van der Waals surface area contributed by atoms with Crippen LogP contribution in [0.15, 0.2) is 0 Å². The molecule has 0 saturated carbocycles. The van der Waals surface area contributed by atoms with Crippen LogP contribution in [0, 0.1) is 5.41 Å². The molecule has 0 spiro atoms. The molecule has 0 radical (unpaired) electrons. The van der Waals surface area contributed by atoms with Crippen LogP contribution in [0.1, 0.15) is 33.6 Å². The first-order chi connectivity index (χ1) is 7.36. The van der Waals surface area contributed by atoms with Gasteiger partial charge < -0.3 is 15.4 Å². The summed E-state index contributed by atoms with van der Waals surface area (Å²) in [6.45, 7) is 7.52. The average Bonchev–Trinajstić information content (AvgIpc) is 2.26. The largest absolute Gasteiger partial charge is 0.381 e. The molecule has 2 N–H and O–H groups in total. The summed E-state index contributed by atoms with van der Waals surface area (Å²) in [5.41, 5.74) is 5.80. The number of methoxy groups -OCH3 is 1. The predicted molar refractivity (Wildman–Crippen MR) is 64.0 cm³/mol. The van der Waals surface area contributed by atoms with Crippen molar-refractivity contribution in [1.82, 2.24) is 4.90 Å². The van der Waals surface area contributed by atoms with Crippen LogP contribution in [0.2, 0.25) is 0 Å². The molecule has 0 aromatic carbocycles. The first-order valence-corrected chi connectivity index (χ1v) is 5.93. The summed E-state index contributed by atoms with van der Waals surface area (Å²) in [6, 6.07) is -0.411. The van der Waals surface area contributed by atoms with Crippen LogP contribution in [0.3, 0.4) is 0 Å². The van der Waals surface area contributed by atoms with E-state index in [9.17, 15) is 4.79 Å². The molecule has 1 saturated heterocycles. The fourth-order valence-electron chi connectivity index (χ4n) is 1.88. The summed E-state index contributed by atoms with van der Waals surface area (Å²) >= 11 is 0. The summed E-state index contributed by atoms with van der Waals surface area (Å²) in [7, 11) is 1.73. The summed E-state index contributed by atoms with van der Waals surface area (Å²) in [5, 5.41) is 0. The Balaban J connectivity index is 2.51. The number of carbonyl (C=O) groups is 1. The standard InChI is InChI=1S/C12H24N2O2/c1-12(2,3)10(13)11(15)14-7-5-9(16-4)6-8-14/h9-10H,5-8,13H2,1-4H3/t10-/m1/s1. The highest BCUT2D eigenvalue weighted by Gasteiger charge is 2.32. The van der Waals surface area contributed by atoms with Crippen LogP contribution < -0.4 is 5.73 Å². The lowest BCUT2D eigenvalue weighted by Gasteiger charge is -2.36. The van der Waals surface area contributed by atoms with Crippen LogP contribution in [-0.2, 0) is 9.53 Å². The van der Waals surface area contributed by atoms with E-state index in [2.05, 4.69) is 0 Å². The van der Waals surface area contributed by atoms with E-state index in [1.807, 2.05) is 25.7 Å². The van der Waals surface area contributed by atoms with Gasteiger partial charge >= 0.3 is 0 Å². The Kier molecular flexibility index (Phi) is 4.33. The molecule has 0 unspecified atom stereocenters. The molecule has 4 nitrogen and oxygen atoms in total. The second kappa shape index (κ2) is 5.15. The van der Waals surface area contributed by atoms with Crippen LogP contribution in [0.4, 0.5) is 0 Å². The molecular formula is C12H24N2O2. The summed E-state index contributed by atoms with van der Waals surface area (Å²) < 4.78 is 5.28. The zero-order valence-corrected chi connectivity index (χ0v) is 10.8. The molecule has 0 aromatic rings. The fourth-order valence-corrected chi connectivity index (χ4v) is 1.88. The Bertz CT molecular complexity index is 240. The molecule has 4 heteroatoms. The van der Waals surface area contributed by atoms with Gasteiger partial charge in [0.25, 0.3) is 0 Å². The van der Waals surface area contributed by atoms with Gasteiger partial charge in [0.15, 0.2) is 0 Å². The lowest BCUT2D eigenvalue weighted by molar-refractivity contribution is -0.137. The number of hydrogen-bond acceptors (Lipinski definition) is 3. The summed E-state index contributed by atoms with van der Waals surface area (Å²) in [5.74, 6) is 0.0713. The second-order valence-electron chi connectivity index (χ2n) is 5.60. The monoisotopic (exact) mass is 228 g/mol. The first-order valence-electron chi connectivity index (χ1n) is 5.93. The van der Waals surface area contributed by atoms with Crippen molar-refractivity contribution in [3.05, 3.63) is 0 Å². The first kappa shape index (κ1) is 13.5. The summed E-state index contributed by atoms with van der Waals surface area (Å²) in [4.78, 5) is 14.0. The van der Waals surface area contributed by atoms with Crippen molar-refractivity contribution in [3.8, 4) is 0 Å². The molecule has 1 rings (SSSR count). The van der Waals surface area contributed by atoms with Gasteiger partial charge in [0.2, 0.25) is 5.91 Å². The van der Waals surface area contributed by atoms with E-state index in [4.69, 9.17) is 10.5 Å². The van der Waals surface area contributed by atoms with Crippen LogP contribution in [0.25, 0.3) is 0 Å². The number of carbonyl (C=O) groups excluding carboxylic acids is 1. The molecular weight excluding hydrogens is 204 g/mol. The van der Waals surface area contributed by atoms with Gasteiger partial charge in [-0.25, -0.2) is 0 Å². The van der Waals surface area contributed by atoms with E-state index in [0.717, 1.165) is 25.9 Å². The third-order valence-electron chi connectivity index (χ3n) is 3.29. The average molecular weight is 228 g/mol. The highest BCUT2D eigenvalue weighted by molar-refractivity contribution is 5.82. The molecule has 1 aliphatic rings. The van der Waals surface area contributed by atoms with Crippen LogP contribution >= 0.6 is 0 Å². The number of piperidine rings is 1. The fraction of sp³-hybridized carbons (Fsp3) is 0.917. The highest BCUT2D eigenvalue weighted by atomic mass is 16.5. The Labute approximate surface area is 98.1 Å². The van der Waals surface area contributed by atoms with E-state index in [1.54, 1.807) is 7.11 Å². The minimum absolute atomic E-state index is 0.0713. The van der Waals surface area contributed by atoms with Gasteiger partial charge in [-0.3, -0.25) is 4.79 Å². The van der Waals surface area contributed by atoms with Crippen molar-refractivity contribution in [2.75, 3.05) is 20.2 Å². The van der Waals surface area contributed by atoms with Crippen molar-refractivity contribution < 1.29 is 9.53 Å². The number of nitrogens with two attached hydrogens (primary N) is 1. The Morgan fingerprint density at radius 2 is 1.88 bits per heavy atom. The predicted octanol–water partition coefficient (Wildman–Crippen LogP) is 0.997. The van der Waals surface area contributed by atoms with Gasteiger partial charge in [0.1, 0.15) is 0 Å². The molecule has 0 aliphatic carbocycles. The number of rotatable bonds is 2. The van der Waals surface area contributed by atoms with Gasteiger partial charge in [-0.1, -0.05) is 20.8 Å². The van der Waals surface area contributed by atoms with Gasteiger partial charge in [0.05, 0.1) is 12.1 Å². The van der Waals surface area contributed by atoms with Crippen LogP contribution in [-0.4, -0.2) is 43.2 Å². The smallest absolute Gasteiger partial charge is 0.240 e. The van der Waals surface area contributed by atoms with Crippen molar-refractivity contribution >= 4 is 5.91 Å². The number of amides is 1. The molecule has 1 fully saturated rings. The Morgan fingerprint density at radius 1 is 1.38 bits per heavy atom. The minimum Gasteiger partial charge on any atom is -0.381 e. The molecule has 94 valence electrons. The van der Waals surface area contributed by atoms with Gasteiger partial charge in [-0.2, -0.15) is 0 Å². The van der Waals surface area contributed by atoms with Crippen LogP contribution in [0.5, 0.6) is 0 Å². The van der Waals surface area contributed by atoms with E-state index in [-0.39, 0.29) is 11.3 Å². The van der Waals surface area contributed by atoms with Crippen molar-refractivity contribution in [3.63, 3.8) is 0 Å². The number of hydrogen-bond donors (Lipinski definition) is 1. The highest BCUT2D eigenvalue weighted by Crippen LogP contribution is 2.21. The van der Waals surface area contributed by atoms with Gasteiger partial charge in [-0.15, -0.1) is 0 Å². The lowest BCUT2D eigenvalue weighted by Crippen LogP contribution is -2.52. The molecule has 1 aliphatic heterocycles. The Hall–Kier alpha value is -0.610. The normalized spacial score (nSPS) is 20.9. The molecule has 0 bridgehead atoms. The van der Waals surface area contributed by atoms with E-state index >= 15 is 0 Å². The maximum absolute atomic E-state index is 12.1. The zero-order chi connectivity index (χ0) is 12.3. The van der Waals surface area contributed by atoms with E-state index in [0.29, 0.717) is 6.10 Å². The maximum atomic E-state index is 12.1. The molecule has 16 heavy (non-hydrogen) atoms. The minimum atomic E-state index is -0.411. The molecule has 1 amide bonds. The molecule has 1 heterocycles. The van der Waals surface area contributed by atoms with Crippen molar-refractivity contribution in [2.24, 2.45) is 11.1 Å². The summed E-state index contributed by atoms with van der Waals surface area (Å²) in [6.07, 6.45) is 2.13. The SMILES string of the molecule is COC1CCN(C(=O)[C@@H](N)C(C)(C)C)CC1. The maximum Gasteiger partial charge on any atom is 0.240 e.